The lowest BCUT2D eigenvalue weighted by Gasteiger charge is -2.15. The van der Waals surface area contributed by atoms with Crippen LogP contribution < -0.4 is 9.84 Å². The standard InChI is InChI=1S/C19H23NO5S/c1-13-11-17(18(26(4,23)24)12-16(13)19(21)22)25-15-7-5-14(6-8-15)9-10-20(2)3/h5-8,11-12H,9-10H2,1-4H3,(H,21,22)/p-1. The number of carbonyl (C=O) groups is 1. The number of aryl methyl sites for hydroxylation is 1. The number of carbonyl (C=O) groups excluding carboxylic acids is 1. The highest BCUT2D eigenvalue weighted by atomic mass is 32.2. The predicted molar refractivity (Wildman–Crippen MR) is 97.4 cm³/mol. The van der Waals surface area contributed by atoms with Crippen LogP contribution in [0.4, 0.5) is 0 Å². The number of ether oxygens (including phenoxy) is 1. The van der Waals surface area contributed by atoms with E-state index in [-0.39, 0.29) is 16.2 Å². The van der Waals surface area contributed by atoms with Crippen LogP contribution in [0.5, 0.6) is 11.5 Å². The number of benzene rings is 2. The number of hydrogen-bond donors (Lipinski definition) is 0. The lowest BCUT2D eigenvalue weighted by molar-refractivity contribution is -0.255. The molecule has 0 bridgehead atoms. The maximum atomic E-state index is 12.0. The summed E-state index contributed by atoms with van der Waals surface area (Å²) in [6.45, 7) is 2.48. The Labute approximate surface area is 153 Å². The first-order chi connectivity index (χ1) is 12.1. The van der Waals surface area contributed by atoms with Gasteiger partial charge >= 0.3 is 0 Å². The van der Waals surface area contributed by atoms with Crippen molar-refractivity contribution in [3.8, 4) is 11.5 Å². The third kappa shape index (κ3) is 5.06. The van der Waals surface area contributed by atoms with Crippen molar-refractivity contribution in [2.45, 2.75) is 18.2 Å². The zero-order valence-corrected chi connectivity index (χ0v) is 16.1. The minimum atomic E-state index is -3.67. The minimum absolute atomic E-state index is 0.0936. The van der Waals surface area contributed by atoms with Gasteiger partial charge in [-0.25, -0.2) is 8.42 Å². The van der Waals surface area contributed by atoms with Crippen molar-refractivity contribution in [2.75, 3.05) is 26.9 Å². The maximum Gasteiger partial charge on any atom is 0.179 e. The zero-order valence-electron chi connectivity index (χ0n) is 15.3. The van der Waals surface area contributed by atoms with E-state index in [1.165, 1.54) is 6.07 Å². The first kappa shape index (κ1) is 19.9. The molecule has 0 aromatic heterocycles. The first-order valence-corrected chi connectivity index (χ1v) is 9.94. The van der Waals surface area contributed by atoms with E-state index in [1.54, 1.807) is 19.1 Å². The molecule has 0 radical (unpaired) electrons. The molecule has 0 amide bonds. The van der Waals surface area contributed by atoms with Crippen LogP contribution in [0.3, 0.4) is 0 Å². The van der Waals surface area contributed by atoms with Gasteiger partial charge in [-0.05, 0) is 62.8 Å². The van der Waals surface area contributed by atoms with Crippen molar-refractivity contribution < 1.29 is 23.1 Å². The molecule has 6 nitrogen and oxygen atoms in total. The normalized spacial score (nSPS) is 11.6. The van der Waals surface area contributed by atoms with Gasteiger partial charge in [0.1, 0.15) is 16.4 Å². The van der Waals surface area contributed by atoms with Crippen LogP contribution in [-0.4, -0.2) is 46.2 Å². The van der Waals surface area contributed by atoms with E-state index in [4.69, 9.17) is 4.74 Å². The van der Waals surface area contributed by atoms with Gasteiger partial charge < -0.3 is 19.5 Å². The Balaban J connectivity index is 2.34. The molecule has 0 aliphatic rings. The highest BCUT2D eigenvalue weighted by Gasteiger charge is 2.18. The summed E-state index contributed by atoms with van der Waals surface area (Å²) >= 11 is 0. The van der Waals surface area contributed by atoms with Gasteiger partial charge in [-0.15, -0.1) is 0 Å². The van der Waals surface area contributed by atoms with Gasteiger partial charge in [-0.2, -0.15) is 0 Å². The van der Waals surface area contributed by atoms with Crippen molar-refractivity contribution in [1.29, 1.82) is 0 Å². The topological polar surface area (TPSA) is 86.7 Å². The molecule has 0 fully saturated rings. The monoisotopic (exact) mass is 376 g/mol. The third-order valence-electron chi connectivity index (χ3n) is 3.91. The Morgan fingerprint density at radius 2 is 1.77 bits per heavy atom. The largest absolute Gasteiger partial charge is 0.545 e. The van der Waals surface area contributed by atoms with Crippen molar-refractivity contribution in [1.82, 2.24) is 4.90 Å². The molecule has 0 spiro atoms. The number of carboxylic acids is 1. The first-order valence-electron chi connectivity index (χ1n) is 8.05. The maximum absolute atomic E-state index is 12.0. The Morgan fingerprint density at radius 3 is 2.27 bits per heavy atom. The molecule has 0 atom stereocenters. The predicted octanol–water partition coefficient (Wildman–Crippen LogP) is 1.66. The van der Waals surface area contributed by atoms with Gasteiger partial charge in [-0.3, -0.25) is 0 Å². The molecule has 2 rings (SSSR count). The number of carboxylic acid groups (broad SMARTS) is 1. The summed E-state index contributed by atoms with van der Waals surface area (Å²) in [5.41, 5.74) is 1.34. The zero-order chi connectivity index (χ0) is 19.5. The average molecular weight is 376 g/mol. The quantitative estimate of drug-likeness (QED) is 0.730. The summed E-state index contributed by atoms with van der Waals surface area (Å²) in [4.78, 5) is 13.1. The number of rotatable bonds is 7. The van der Waals surface area contributed by atoms with Crippen molar-refractivity contribution in [2.24, 2.45) is 0 Å². The lowest BCUT2D eigenvalue weighted by atomic mass is 10.1. The smallest absolute Gasteiger partial charge is 0.179 e. The van der Waals surface area contributed by atoms with E-state index in [0.29, 0.717) is 11.3 Å². The second kappa shape index (κ2) is 7.88. The summed E-state index contributed by atoms with van der Waals surface area (Å²) in [6, 6.07) is 9.85. The number of aromatic carboxylic acids is 1. The van der Waals surface area contributed by atoms with Gasteiger partial charge in [0.2, 0.25) is 0 Å². The minimum Gasteiger partial charge on any atom is -0.545 e. The molecule has 2 aromatic carbocycles. The van der Waals surface area contributed by atoms with E-state index in [9.17, 15) is 18.3 Å². The highest BCUT2D eigenvalue weighted by Crippen LogP contribution is 2.32. The summed E-state index contributed by atoms with van der Waals surface area (Å²) in [5.74, 6) is -0.857. The molecule has 0 aliphatic heterocycles. The van der Waals surface area contributed by atoms with Crippen LogP contribution in [0.15, 0.2) is 41.3 Å². The fraction of sp³-hybridized carbons (Fsp3) is 0.316. The van der Waals surface area contributed by atoms with E-state index in [2.05, 4.69) is 4.90 Å². The lowest BCUT2D eigenvalue weighted by Crippen LogP contribution is -2.23. The molecule has 2 aromatic rings. The molecule has 26 heavy (non-hydrogen) atoms. The van der Waals surface area contributed by atoms with Crippen molar-refractivity contribution >= 4 is 15.8 Å². The van der Waals surface area contributed by atoms with E-state index in [1.807, 2.05) is 26.2 Å². The molecule has 140 valence electrons. The van der Waals surface area contributed by atoms with Crippen LogP contribution in [-0.2, 0) is 16.3 Å². The molecule has 0 saturated heterocycles. The van der Waals surface area contributed by atoms with Gasteiger partial charge in [0.05, 0.1) is 5.97 Å². The van der Waals surface area contributed by atoms with E-state index >= 15 is 0 Å². The molecular formula is C19H22NO5S-. The van der Waals surface area contributed by atoms with E-state index < -0.39 is 15.8 Å². The van der Waals surface area contributed by atoms with Crippen LogP contribution in [0, 0.1) is 6.92 Å². The Hall–Kier alpha value is -2.38. The van der Waals surface area contributed by atoms with E-state index in [0.717, 1.165) is 30.9 Å². The number of nitrogens with zero attached hydrogens (tertiary/aromatic N) is 1. The molecule has 0 unspecified atom stereocenters. The van der Waals surface area contributed by atoms with Gasteiger partial charge in [0.25, 0.3) is 0 Å². The molecule has 7 heteroatoms. The van der Waals surface area contributed by atoms with Crippen molar-refractivity contribution in [3.05, 3.63) is 53.1 Å². The fourth-order valence-electron chi connectivity index (χ4n) is 2.45. The molecule has 0 saturated carbocycles. The summed E-state index contributed by atoms with van der Waals surface area (Å²) in [6.07, 6.45) is 1.90. The Morgan fingerprint density at radius 1 is 1.15 bits per heavy atom. The van der Waals surface area contributed by atoms with Crippen LogP contribution in [0.25, 0.3) is 0 Å². The summed E-state index contributed by atoms with van der Waals surface area (Å²) in [5, 5.41) is 11.2. The summed E-state index contributed by atoms with van der Waals surface area (Å²) in [7, 11) is 0.331. The SMILES string of the molecule is Cc1cc(Oc2ccc(CCN(C)C)cc2)c(S(C)(=O)=O)cc1C(=O)[O-]. The summed E-state index contributed by atoms with van der Waals surface area (Å²) < 4.78 is 29.8. The van der Waals surface area contributed by atoms with Gasteiger partial charge in [0.15, 0.2) is 9.84 Å². The molecular weight excluding hydrogens is 354 g/mol. The van der Waals surface area contributed by atoms with Gasteiger partial charge in [0, 0.05) is 18.4 Å². The number of hydrogen-bond acceptors (Lipinski definition) is 6. The van der Waals surface area contributed by atoms with Crippen molar-refractivity contribution in [3.63, 3.8) is 0 Å². The Kier molecular flexibility index (Phi) is 6.05. The molecule has 0 N–H and O–H groups in total. The number of likely N-dealkylation sites (N-methyl/N-ethyl adjacent to an activating group) is 1. The average Bonchev–Trinajstić information content (AvgIpc) is 2.52. The fourth-order valence-corrected chi connectivity index (χ4v) is 3.25. The van der Waals surface area contributed by atoms with Crippen LogP contribution in [0.1, 0.15) is 21.5 Å². The molecule has 0 heterocycles. The van der Waals surface area contributed by atoms with Gasteiger partial charge in [-0.1, -0.05) is 12.1 Å². The number of sulfone groups is 1. The molecule has 0 aliphatic carbocycles. The van der Waals surface area contributed by atoms with Crippen LogP contribution in [0.2, 0.25) is 0 Å². The third-order valence-corrected chi connectivity index (χ3v) is 5.03. The van der Waals surface area contributed by atoms with Crippen LogP contribution >= 0.6 is 0 Å². The second-order valence-corrected chi connectivity index (χ2v) is 8.46. The Bertz CT molecular complexity index is 902. The highest BCUT2D eigenvalue weighted by molar-refractivity contribution is 7.90. The second-order valence-electron chi connectivity index (χ2n) is 6.47.